The van der Waals surface area contributed by atoms with E-state index in [1.165, 1.54) is 0 Å². The number of hydrogen-bond acceptors (Lipinski definition) is 3. The molecule has 5 heteroatoms. The molecule has 0 unspecified atom stereocenters. The summed E-state index contributed by atoms with van der Waals surface area (Å²) >= 11 is 0. The molecule has 0 atom stereocenters. The fourth-order valence-electron chi connectivity index (χ4n) is 1.15. The number of halogens is 1. The minimum absolute atomic E-state index is 0. The maximum absolute atomic E-state index is 11.3. The van der Waals surface area contributed by atoms with E-state index in [1.807, 2.05) is 19.4 Å². The Morgan fingerprint density at radius 2 is 2.20 bits per heavy atom. The second-order valence-electron chi connectivity index (χ2n) is 3.34. The molecule has 4 nitrogen and oxygen atoms in total. The number of nitrogens with zero attached hydrogens (tertiary/aromatic N) is 2. The first-order valence-electron chi connectivity index (χ1n) is 4.93. The Labute approximate surface area is 102 Å². The number of hydrogen-bond donors (Lipinski definition) is 1. The first-order valence-corrected chi connectivity index (χ1v) is 4.93. The van der Waals surface area contributed by atoms with Crippen molar-refractivity contribution in [3.8, 4) is 0 Å². The maximum Gasteiger partial charge on any atom is 0.564 e. The van der Waals surface area contributed by atoms with E-state index < -0.39 is 0 Å². The highest BCUT2D eigenvalue weighted by atomic mass is 79.9. The zero-order valence-electron chi connectivity index (χ0n) is 9.16. The summed E-state index contributed by atoms with van der Waals surface area (Å²) in [6, 6.07) is 0. The molecule has 15 heavy (non-hydrogen) atoms. The number of carbonyl (C=O) groups is 1. The second-order valence-corrected chi connectivity index (χ2v) is 3.34. The molecule has 1 heterocycles. The molecule has 1 radical (unpaired) electrons. The molecule has 0 fully saturated rings. The average molecular weight is 275 g/mol. The summed E-state index contributed by atoms with van der Waals surface area (Å²) in [5.41, 5.74) is 0. The van der Waals surface area contributed by atoms with Crippen LogP contribution in [0.25, 0.3) is 0 Å². The van der Waals surface area contributed by atoms with Crippen molar-refractivity contribution in [2.75, 3.05) is 20.1 Å². The normalized spacial score (nSPS) is 13.5. The molecule has 0 aromatic carbocycles. The zero-order chi connectivity index (χ0) is 10.4. The van der Waals surface area contributed by atoms with Crippen LogP contribution in [0.4, 0.5) is 0 Å². The van der Waals surface area contributed by atoms with Crippen molar-refractivity contribution >= 4 is 5.91 Å². The smallest absolute Gasteiger partial charge is 0.564 e. The molecule has 1 N–H and O–H groups in total. The molecule has 1 amide bonds. The number of nitrogens with one attached hydrogen (secondary N) is 1. The van der Waals surface area contributed by atoms with Crippen LogP contribution in [0.2, 0.25) is 0 Å². The van der Waals surface area contributed by atoms with Gasteiger partial charge in [-0.3, -0.25) is 4.79 Å². The molecule has 1 rings (SSSR count). The molecule has 0 saturated carbocycles. The highest BCUT2D eigenvalue weighted by Crippen LogP contribution is 2.06. The Morgan fingerprint density at radius 1 is 1.47 bits per heavy atom. The van der Waals surface area contributed by atoms with Crippen molar-refractivity contribution in [1.29, 1.82) is 0 Å². The molecule has 1 aliphatic heterocycles. The zero-order valence-corrected chi connectivity index (χ0v) is 10.7. The third-order valence-corrected chi connectivity index (χ3v) is 1.92. The third kappa shape index (κ3) is 5.57. The third-order valence-electron chi connectivity index (χ3n) is 1.92. The van der Waals surface area contributed by atoms with Gasteiger partial charge in [0.05, 0.1) is 19.4 Å². The predicted octanol–water partition coefficient (Wildman–Crippen LogP) is -2.38. The van der Waals surface area contributed by atoms with Crippen molar-refractivity contribution in [2.24, 2.45) is 0 Å². The SMILES string of the molecule is CCCCNC(=O)CN1[C+]N(C)C=C1.[Br-]. The van der Waals surface area contributed by atoms with Gasteiger partial charge in [0.25, 0.3) is 0 Å². The van der Waals surface area contributed by atoms with Gasteiger partial charge in [-0.15, -0.1) is 9.80 Å². The van der Waals surface area contributed by atoms with Crippen LogP contribution in [0.15, 0.2) is 12.4 Å². The van der Waals surface area contributed by atoms with E-state index in [9.17, 15) is 4.79 Å². The molecule has 85 valence electrons. The second kappa shape index (κ2) is 7.45. The van der Waals surface area contributed by atoms with Crippen molar-refractivity contribution in [3.05, 3.63) is 19.1 Å². The van der Waals surface area contributed by atoms with Gasteiger partial charge in [-0.05, 0) is 6.42 Å². The lowest BCUT2D eigenvalue weighted by Gasteiger charge is -2.04. The van der Waals surface area contributed by atoms with Gasteiger partial charge >= 0.3 is 6.67 Å². The minimum atomic E-state index is 0. The molecule has 0 aromatic heterocycles. The highest BCUT2D eigenvalue weighted by molar-refractivity contribution is 5.78. The van der Waals surface area contributed by atoms with Crippen LogP contribution in [-0.4, -0.2) is 35.8 Å². The van der Waals surface area contributed by atoms with Gasteiger partial charge in [-0.2, -0.15) is 0 Å². The molecular formula is C10H17BrN3O. The predicted molar refractivity (Wildman–Crippen MR) is 54.8 cm³/mol. The molecule has 0 aromatic rings. The average Bonchev–Trinajstić information content (AvgIpc) is 2.52. The molecular weight excluding hydrogens is 258 g/mol. The van der Waals surface area contributed by atoms with Gasteiger partial charge < -0.3 is 22.3 Å². The van der Waals surface area contributed by atoms with Gasteiger partial charge in [0, 0.05) is 6.54 Å². The lowest BCUT2D eigenvalue weighted by molar-refractivity contribution is -0.121. The summed E-state index contributed by atoms with van der Waals surface area (Å²) in [5.74, 6) is 0.0471. The van der Waals surface area contributed by atoms with Crippen molar-refractivity contribution in [3.63, 3.8) is 0 Å². The van der Waals surface area contributed by atoms with E-state index in [0.29, 0.717) is 6.54 Å². The van der Waals surface area contributed by atoms with Crippen LogP contribution in [0.5, 0.6) is 0 Å². The van der Waals surface area contributed by atoms with Crippen LogP contribution < -0.4 is 22.3 Å². The summed E-state index contributed by atoms with van der Waals surface area (Å²) in [6.07, 6.45) is 5.83. The monoisotopic (exact) mass is 274 g/mol. The van der Waals surface area contributed by atoms with Gasteiger partial charge in [-0.1, -0.05) is 13.3 Å². The van der Waals surface area contributed by atoms with E-state index in [2.05, 4.69) is 18.9 Å². The summed E-state index contributed by atoms with van der Waals surface area (Å²) in [6.45, 7) is 6.19. The number of carbonyl (C=O) groups excluding carboxylic acids is 1. The van der Waals surface area contributed by atoms with Gasteiger partial charge in [0.1, 0.15) is 6.54 Å². The van der Waals surface area contributed by atoms with Crippen LogP contribution in [0, 0.1) is 6.67 Å². The molecule has 0 saturated heterocycles. The highest BCUT2D eigenvalue weighted by Gasteiger charge is 2.29. The minimum Gasteiger partial charge on any atom is -1.00 e. The molecule has 1 aliphatic rings. The Hall–Kier alpha value is -0.840. The van der Waals surface area contributed by atoms with Crippen molar-refractivity contribution in [2.45, 2.75) is 19.8 Å². The van der Waals surface area contributed by atoms with Gasteiger partial charge in [0.2, 0.25) is 5.91 Å². The van der Waals surface area contributed by atoms with Crippen molar-refractivity contribution in [1.82, 2.24) is 15.1 Å². The Bertz CT molecular complexity index is 221. The summed E-state index contributed by atoms with van der Waals surface area (Å²) in [4.78, 5) is 14.9. The van der Waals surface area contributed by atoms with E-state index in [0.717, 1.165) is 19.4 Å². The van der Waals surface area contributed by atoms with Gasteiger partial charge in [-0.25, -0.2) is 0 Å². The fourth-order valence-corrected chi connectivity index (χ4v) is 1.15. The summed E-state index contributed by atoms with van der Waals surface area (Å²) in [7, 11) is 1.88. The van der Waals surface area contributed by atoms with Crippen LogP contribution in [-0.2, 0) is 4.79 Å². The van der Waals surface area contributed by atoms with E-state index in [4.69, 9.17) is 0 Å². The van der Waals surface area contributed by atoms with E-state index in [1.54, 1.807) is 9.80 Å². The Morgan fingerprint density at radius 3 is 2.73 bits per heavy atom. The number of unbranched alkanes of at least 4 members (excludes halogenated alkanes) is 1. The Balaban J connectivity index is 0.00000196. The molecule has 0 aliphatic carbocycles. The first kappa shape index (κ1) is 14.2. The lowest BCUT2D eigenvalue weighted by atomic mass is 10.3. The topological polar surface area (TPSA) is 35.6 Å². The first-order chi connectivity index (χ1) is 6.72. The maximum atomic E-state index is 11.3. The quantitative estimate of drug-likeness (QED) is 0.450. The Kier molecular flexibility index (Phi) is 7.03. The molecule has 0 spiro atoms. The summed E-state index contributed by atoms with van der Waals surface area (Å²) < 4.78 is 0. The lowest BCUT2D eigenvalue weighted by Crippen LogP contribution is -3.00. The number of amides is 1. The van der Waals surface area contributed by atoms with E-state index in [-0.39, 0.29) is 22.9 Å². The van der Waals surface area contributed by atoms with Crippen LogP contribution in [0.3, 0.4) is 0 Å². The van der Waals surface area contributed by atoms with Crippen molar-refractivity contribution < 1.29 is 21.8 Å². The standard InChI is InChI=1S/C10H17N3O.BrH/c1-3-4-5-11-10(14)8-13-7-6-12(2)9-13;/h6-7H,3-5,8H2,1-2H3,(H,11,14);1H/q+1;/p-1. The van der Waals surface area contributed by atoms with Crippen LogP contribution in [0.1, 0.15) is 19.8 Å². The summed E-state index contributed by atoms with van der Waals surface area (Å²) in [5, 5.41) is 2.85. The molecule has 0 bridgehead atoms. The van der Waals surface area contributed by atoms with Gasteiger partial charge in [0.15, 0.2) is 0 Å². The van der Waals surface area contributed by atoms with E-state index >= 15 is 0 Å². The largest absolute Gasteiger partial charge is 1.00 e. The fraction of sp³-hybridized carbons (Fsp3) is 0.600. The van der Waals surface area contributed by atoms with Crippen LogP contribution >= 0.6 is 0 Å². The number of rotatable bonds is 5.